The Morgan fingerprint density at radius 1 is 1.07 bits per heavy atom. The number of hydrogen-bond donors (Lipinski definition) is 2. The Balaban J connectivity index is 2.43. The van der Waals surface area contributed by atoms with Crippen molar-refractivity contribution in [2.45, 2.75) is 12.4 Å². The van der Waals surface area contributed by atoms with Crippen LogP contribution in [0, 0.1) is 0 Å². The molecule has 0 aliphatic carbocycles. The number of rotatable bonds is 2. The molecule has 0 saturated heterocycles. The number of para-hydroxylation sites is 1. The lowest BCUT2D eigenvalue weighted by Crippen LogP contribution is -2.47. The lowest BCUT2D eigenvalue weighted by Gasteiger charge is -2.19. The average Bonchev–Trinajstić information content (AvgIpc) is 2.96. The van der Waals surface area contributed by atoms with Crippen molar-refractivity contribution in [3.05, 3.63) is 47.3 Å². The zero-order chi connectivity index (χ0) is 22.1. The van der Waals surface area contributed by atoms with Crippen LogP contribution in [-0.4, -0.2) is 32.6 Å². The molecule has 0 bridgehead atoms. The van der Waals surface area contributed by atoms with Crippen LogP contribution in [0.5, 0.6) is 0 Å². The fourth-order valence-corrected chi connectivity index (χ4v) is 2.28. The molecule has 8 nitrogen and oxygen atoms in total. The zero-order valence-corrected chi connectivity index (χ0v) is 14.3. The second kappa shape index (κ2) is 7.44. The standard InChI is InChI=1S/C15H11F6N5O3/c1-25-6-7(10(24-25)15(19,20)21)11(27)26(12(22)28)13(29)23-9-5-3-2-4-8(9)14(16,17)18/h2-6H,1H3,(H2,22,28)(H,23,29). The van der Waals surface area contributed by atoms with Crippen molar-refractivity contribution < 1.29 is 40.7 Å². The molecule has 0 fully saturated rings. The number of urea groups is 2. The summed E-state index contributed by atoms with van der Waals surface area (Å²) in [6.07, 6.45) is -9.44. The van der Waals surface area contributed by atoms with Gasteiger partial charge in [0.15, 0.2) is 5.69 Å². The molecule has 0 unspecified atom stereocenters. The number of aromatic nitrogens is 2. The molecular weight excluding hydrogens is 412 g/mol. The van der Waals surface area contributed by atoms with Gasteiger partial charge >= 0.3 is 24.4 Å². The number of amides is 5. The molecule has 0 atom stereocenters. The van der Waals surface area contributed by atoms with Gasteiger partial charge in [0.1, 0.15) is 0 Å². The topological polar surface area (TPSA) is 110 Å². The Bertz CT molecular complexity index is 966. The van der Waals surface area contributed by atoms with Crippen LogP contribution in [0.2, 0.25) is 0 Å². The number of alkyl halides is 6. The SMILES string of the molecule is Cn1cc(C(=O)N(C(N)=O)C(=O)Nc2ccccc2C(F)(F)F)c(C(F)(F)F)n1. The third kappa shape index (κ3) is 4.64. The van der Waals surface area contributed by atoms with E-state index in [0.717, 1.165) is 25.2 Å². The monoisotopic (exact) mass is 423 g/mol. The van der Waals surface area contributed by atoms with E-state index in [4.69, 9.17) is 5.73 Å². The molecule has 156 valence electrons. The summed E-state index contributed by atoms with van der Waals surface area (Å²) < 4.78 is 78.7. The molecule has 1 aromatic heterocycles. The van der Waals surface area contributed by atoms with Gasteiger partial charge in [0.05, 0.1) is 16.8 Å². The molecule has 0 radical (unpaired) electrons. The van der Waals surface area contributed by atoms with Crippen LogP contribution < -0.4 is 11.1 Å². The van der Waals surface area contributed by atoms with Crippen LogP contribution in [0.3, 0.4) is 0 Å². The molecule has 1 heterocycles. The summed E-state index contributed by atoms with van der Waals surface area (Å²) in [5.41, 5.74) is -0.169. The first-order valence-electron chi connectivity index (χ1n) is 7.45. The molecule has 29 heavy (non-hydrogen) atoms. The average molecular weight is 423 g/mol. The van der Waals surface area contributed by atoms with E-state index < -0.39 is 57.7 Å². The molecule has 0 aliphatic rings. The summed E-state index contributed by atoms with van der Waals surface area (Å²) in [6.45, 7) is 0. The molecule has 14 heteroatoms. The highest BCUT2D eigenvalue weighted by Crippen LogP contribution is 2.35. The minimum Gasteiger partial charge on any atom is -0.351 e. The maximum absolute atomic E-state index is 13.0. The van der Waals surface area contributed by atoms with E-state index in [0.29, 0.717) is 16.9 Å². The van der Waals surface area contributed by atoms with E-state index in [9.17, 15) is 40.7 Å². The number of nitrogens with two attached hydrogens (primary N) is 1. The van der Waals surface area contributed by atoms with Crippen molar-refractivity contribution >= 4 is 23.7 Å². The van der Waals surface area contributed by atoms with Crippen molar-refractivity contribution in [1.82, 2.24) is 14.7 Å². The molecule has 1 aromatic carbocycles. The fourth-order valence-electron chi connectivity index (χ4n) is 2.28. The first kappa shape index (κ1) is 21.7. The molecule has 0 saturated carbocycles. The summed E-state index contributed by atoms with van der Waals surface area (Å²) in [6, 6.07) is -0.0415. The molecule has 2 rings (SSSR count). The first-order valence-corrected chi connectivity index (χ1v) is 7.45. The number of hydrogen-bond acceptors (Lipinski definition) is 4. The summed E-state index contributed by atoms with van der Waals surface area (Å²) in [7, 11) is 1.04. The van der Waals surface area contributed by atoms with Crippen LogP contribution in [0.4, 0.5) is 41.6 Å². The van der Waals surface area contributed by atoms with E-state index in [1.54, 1.807) is 5.32 Å². The lowest BCUT2D eigenvalue weighted by atomic mass is 10.1. The normalized spacial score (nSPS) is 11.8. The van der Waals surface area contributed by atoms with E-state index in [1.807, 2.05) is 0 Å². The Kier molecular flexibility index (Phi) is 5.57. The van der Waals surface area contributed by atoms with Gasteiger partial charge in [0, 0.05) is 13.2 Å². The third-order valence-corrected chi connectivity index (χ3v) is 3.43. The van der Waals surface area contributed by atoms with Crippen LogP contribution >= 0.6 is 0 Å². The van der Waals surface area contributed by atoms with E-state index in [2.05, 4.69) is 5.10 Å². The number of primary amides is 1. The van der Waals surface area contributed by atoms with Gasteiger partial charge in [-0.05, 0) is 12.1 Å². The number of anilines is 1. The van der Waals surface area contributed by atoms with Crippen LogP contribution in [-0.2, 0) is 19.4 Å². The van der Waals surface area contributed by atoms with Gasteiger partial charge in [-0.1, -0.05) is 12.1 Å². The van der Waals surface area contributed by atoms with Gasteiger partial charge in [-0.15, -0.1) is 0 Å². The number of halogens is 6. The molecule has 5 amide bonds. The van der Waals surface area contributed by atoms with Gasteiger partial charge in [-0.2, -0.15) is 36.3 Å². The van der Waals surface area contributed by atoms with Crippen molar-refractivity contribution in [3.63, 3.8) is 0 Å². The van der Waals surface area contributed by atoms with E-state index >= 15 is 0 Å². The van der Waals surface area contributed by atoms with Gasteiger partial charge in [-0.3, -0.25) is 9.48 Å². The van der Waals surface area contributed by atoms with Gasteiger partial charge in [0.25, 0.3) is 5.91 Å². The molecular formula is C15H11F6N5O3. The minimum atomic E-state index is -5.12. The Morgan fingerprint density at radius 3 is 2.17 bits per heavy atom. The lowest BCUT2D eigenvalue weighted by molar-refractivity contribution is -0.142. The van der Waals surface area contributed by atoms with Gasteiger partial charge in [-0.25, -0.2) is 9.59 Å². The number of carbonyl (C=O) groups is 3. The molecule has 0 spiro atoms. The van der Waals surface area contributed by atoms with Crippen molar-refractivity contribution in [1.29, 1.82) is 0 Å². The zero-order valence-electron chi connectivity index (χ0n) is 14.3. The van der Waals surface area contributed by atoms with Gasteiger partial charge < -0.3 is 11.1 Å². The van der Waals surface area contributed by atoms with Crippen molar-refractivity contribution in [2.24, 2.45) is 12.8 Å². The minimum absolute atomic E-state index is 0.459. The summed E-state index contributed by atoms with van der Waals surface area (Å²) in [5, 5.41) is 4.70. The predicted octanol–water partition coefficient (Wildman–Crippen LogP) is 3.21. The Hall–Kier alpha value is -3.58. The highest BCUT2D eigenvalue weighted by Gasteiger charge is 2.42. The van der Waals surface area contributed by atoms with Crippen LogP contribution in [0.25, 0.3) is 0 Å². The first-order chi connectivity index (χ1) is 13.2. The highest BCUT2D eigenvalue weighted by atomic mass is 19.4. The third-order valence-electron chi connectivity index (χ3n) is 3.43. The number of nitrogens with zero attached hydrogens (tertiary/aromatic N) is 3. The highest BCUT2D eigenvalue weighted by molar-refractivity contribution is 6.18. The van der Waals surface area contributed by atoms with E-state index in [-0.39, 0.29) is 0 Å². The summed E-state index contributed by atoms with van der Waals surface area (Å²) >= 11 is 0. The van der Waals surface area contributed by atoms with Crippen LogP contribution in [0.15, 0.2) is 30.5 Å². The van der Waals surface area contributed by atoms with Gasteiger partial charge in [0.2, 0.25) is 0 Å². The molecule has 0 aliphatic heterocycles. The fraction of sp³-hybridized carbons (Fsp3) is 0.200. The summed E-state index contributed by atoms with van der Waals surface area (Å²) in [5.74, 6) is -1.82. The largest absolute Gasteiger partial charge is 0.435 e. The van der Waals surface area contributed by atoms with Crippen molar-refractivity contribution in [3.8, 4) is 0 Å². The molecule has 2 aromatic rings. The summed E-state index contributed by atoms with van der Waals surface area (Å²) in [4.78, 5) is 35.7. The quantitative estimate of drug-likeness (QED) is 0.723. The van der Waals surface area contributed by atoms with E-state index in [1.165, 1.54) is 0 Å². The second-order valence-electron chi connectivity index (χ2n) is 5.52. The van der Waals surface area contributed by atoms with Crippen molar-refractivity contribution in [2.75, 3.05) is 5.32 Å². The maximum atomic E-state index is 13.0. The smallest absolute Gasteiger partial charge is 0.351 e. The number of carbonyl (C=O) groups excluding carboxylic acids is 3. The number of benzene rings is 1. The number of nitrogens with one attached hydrogen (secondary N) is 1. The Labute approximate surface area is 157 Å². The predicted molar refractivity (Wildman–Crippen MR) is 84.4 cm³/mol. The molecule has 3 N–H and O–H groups in total. The Morgan fingerprint density at radius 2 is 1.66 bits per heavy atom. The maximum Gasteiger partial charge on any atom is 0.435 e. The number of aryl methyl sites for hydroxylation is 1. The number of imide groups is 3. The second-order valence-corrected chi connectivity index (χ2v) is 5.52. The van der Waals surface area contributed by atoms with Crippen LogP contribution in [0.1, 0.15) is 21.6 Å².